The van der Waals surface area contributed by atoms with Crippen LogP contribution >= 0.6 is 11.3 Å². The Bertz CT molecular complexity index is 473. The highest BCUT2D eigenvalue weighted by molar-refractivity contribution is 7.18. The van der Waals surface area contributed by atoms with Crippen LogP contribution in [0.15, 0.2) is 18.2 Å². The molecule has 0 spiro atoms. The summed E-state index contributed by atoms with van der Waals surface area (Å²) in [5, 5.41) is 1.04. The van der Waals surface area contributed by atoms with E-state index in [1.165, 1.54) is 0 Å². The number of fused-ring (bicyclic) bond motifs is 1. The van der Waals surface area contributed by atoms with Crippen LogP contribution < -0.4 is 0 Å². The average molecular weight is 221 g/mol. The van der Waals surface area contributed by atoms with Crippen LogP contribution in [-0.2, 0) is 0 Å². The minimum Gasteiger partial charge on any atom is -0.295 e. The average Bonchev–Trinajstić information content (AvgIpc) is 2.59. The predicted molar refractivity (Wildman–Crippen MR) is 65.7 cm³/mol. The first-order valence-electron chi connectivity index (χ1n) is 5.05. The Hall–Kier alpha value is -1.22. The van der Waals surface area contributed by atoms with Gasteiger partial charge in [-0.3, -0.25) is 4.79 Å². The van der Waals surface area contributed by atoms with Crippen molar-refractivity contribution in [3.05, 3.63) is 28.8 Å². The summed E-state index contributed by atoms with van der Waals surface area (Å²) in [6.45, 7) is 7.55. The molecule has 0 unspecified atom stereocenters. The Kier molecular flexibility index (Phi) is 3.97. The zero-order chi connectivity index (χ0) is 11.4. The molecule has 15 heavy (non-hydrogen) atoms. The summed E-state index contributed by atoms with van der Waals surface area (Å²) >= 11 is 1.62. The molecule has 1 aromatic carbocycles. The Balaban J connectivity index is 0.000000531. The zero-order valence-electron chi connectivity index (χ0n) is 9.50. The topological polar surface area (TPSA) is 30.0 Å². The molecule has 0 amide bonds. The fraction of sp³-hybridized carbons (Fsp3) is 0.333. The van der Waals surface area contributed by atoms with E-state index in [2.05, 4.69) is 4.98 Å². The molecule has 0 bridgehead atoms. The fourth-order valence-corrected chi connectivity index (χ4v) is 2.13. The van der Waals surface area contributed by atoms with Gasteiger partial charge >= 0.3 is 0 Å². The van der Waals surface area contributed by atoms with Crippen LogP contribution in [0.4, 0.5) is 0 Å². The van der Waals surface area contributed by atoms with E-state index in [1.807, 2.05) is 39.0 Å². The SMILES string of the molecule is CC.CC(=O)c1ccc2nc(C)sc2c1. The number of benzene rings is 1. The lowest BCUT2D eigenvalue weighted by Gasteiger charge is -1.93. The lowest BCUT2D eigenvalue weighted by Crippen LogP contribution is -1.89. The van der Waals surface area contributed by atoms with Crippen LogP contribution in [0.5, 0.6) is 0 Å². The number of rotatable bonds is 1. The van der Waals surface area contributed by atoms with E-state index in [-0.39, 0.29) is 5.78 Å². The predicted octanol–water partition coefficient (Wildman–Crippen LogP) is 3.83. The number of aryl methyl sites for hydroxylation is 1. The molecule has 2 nitrogen and oxygen atoms in total. The summed E-state index contributed by atoms with van der Waals surface area (Å²) in [5.74, 6) is 0.105. The maximum absolute atomic E-state index is 11.1. The Labute approximate surface area is 94.0 Å². The van der Waals surface area contributed by atoms with E-state index in [0.29, 0.717) is 0 Å². The molecule has 1 aromatic heterocycles. The van der Waals surface area contributed by atoms with Gasteiger partial charge in [-0.2, -0.15) is 0 Å². The third-order valence-corrected chi connectivity index (χ3v) is 2.84. The molecule has 3 heteroatoms. The van der Waals surface area contributed by atoms with Crippen molar-refractivity contribution in [2.24, 2.45) is 0 Å². The van der Waals surface area contributed by atoms with Crippen LogP contribution in [-0.4, -0.2) is 10.8 Å². The highest BCUT2D eigenvalue weighted by Gasteiger charge is 2.03. The second kappa shape index (κ2) is 5.03. The van der Waals surface area contributed by atoms with Crippen LogP contribution in [0.3, 0.4) is 0 Å². The maximum Gasteiger partial charge on any atom is 0.159 e. The van der Waals surface area contributed by atoms with Gasteiger partial charge in [-0.1, -0.05) is 13.8 Å². The number of carbonyl (C=O) groups is 1. The molecule has 0 N–H and O–H groups in total. The zero-order valence-corrected chi connectivity index (χ0v) is 10.3. The van der Waals surface area contributed by atoms with Crippen molar-refractivity contribution < 1.29 is 4.79 Å². The van der Waals surface area contributed by atoms with E-state index in [4.69, 9.17) is 0 Å². The van der Waals surface area contributed by atoms with Crippen molar-refractivity contribution in [1.29, 1.82) is 0 Å². The lowest BCUT2D eigenvalue weighted by atomic mass is 10.1. The first kappa shape index (κ1) is 11.9. The molecule has 0 aliphatic heterocycles. The number of Topliss-reactive ketones (excluding diaryl/α,β-unsaturated/α-hetero) is 1. The molecule has 2 rings (SSSR count). The number of hydrogen-bond donors (Lipinski definition) is 0. The third kappa shape index (κ3) is 2.63. The Morgan fingerprint density at radius 2 is 2.00 bits per heavy atom. The van der Waals surface area contributed by atoms with E-state index in [1.54, 1.807) is 18.3 Å². The van der Waals surface area contributed by atoms with Gasteiger partial charge < -0.3 is 0 Å². The summed E-state index contributed by atoms with van der Waals surface area (Å²) in [6, 6.07) is 5.63. The van der Waals surface area contributed by atoms with Gasteiger partial charge in [0.2, 0.25) is 0 Å². The molecule has 1 heterocycles. The minimum atomic E-state index is 0.105. The van der Waals surface area contributed by atoms with E-state index < -0.39 is 0 Å². The number of aromatic nitrogens is 1. The van der Waals surface area contributed by atoms with Crippen molar-refractivity contribution >= 4 is 27.3 Å². The van der Waals surface area contributed by atoms with Gasteiger partial charge in [-0.05, 0) is 32.0 Å². The Morgan fingerprint density at radius 1 is 1.33 bits per heavy atom. The van der Waals surface area contributed by atoms with Crippen molar-refractivity contribution in [2.75, 3.05) is 0 Å². The highest BCUT2D eigenvalue weighted by Crippen LogP contribution is 2.22. The van der Waals surface area contributed by atoms with Crippen molar-refractivity contribution in [2.45, 2.75) is 27.7 Å². The maximum atomic E-state index is 11.1. The molecule has 0 atom stereocenters. The first-order valence-corrected chi connectivity index (χ1v) is 5.86. The largest absolute Gasteiger partial charge is 0.295 e. The van der Waals surface area contributed by atoms with Gasteiger partial charge in [0.25, 0.3) is 0 Å². The summed E-state index contributed by atoms with van der Waals surface area (Å²) in [5.41, 5.74) is 1.74. The van der Waals surface area contributed by atoms with E-state index in [0.717, 1.165) is 20.8 Å². The normalized spacial score (nSPS) is 9.60. The van der Waals surface area contributed by atoms with Gasteiger partial charge in [-0.15, -0.1) is 11.3 Å². The molecule has 0 fully saturated rings. The molecule has 2 aromatic rings. The Morgan fingerprint density at radius 3 is 2.60 bits per heavy atom. The van der Waals surface area contributed by atoms with Crippen molar-refractivity contribution in [3.8, 4) is 0 Å². The molecule has 0 saturated heterocycles. The fourth-order valence-electron chi connectivity index (χ4n) is 1.26. The summed E-state index contributed by atoms with van der Waals surface area (Å²) in [6.07, 6.45) is 0. The molecule has 0 aliphatic rings. The monoisotopic (exact) mass is 221 g/mol. The molecule has 0 aliphatic carbocycles. The highest BCUT2D eigenvalue weighted by atomic mass is 32.1. The second-order valence-corrected chi connectivity index (χ2v) is 4.21. The summed E-state index contributed by atoms with van der Waals surface area (Å²) in [4.78, 5) is 15.4. The van der Waals surface area contributed by atoms with Gasteiger partial charge in [0.05, 0.1) is 15.2 Å². The van der Waals surface area contributed by atoms with Gasteiger partial charge in [-0.25, -0.2) is 4.98 Å². The van der Waals surface area contributed by atoms with Crippen LogP contribution in [0.25, 0.3) is 10.2 Å². The number of carbonyl (C=O) groups excluding carboxylic acids is 1. The lowest BCUT2D eigenvalue weighted by molar-refractivity contribution is 0.101. The number of thiazole rings is 1. The molecule has 80 valence electrons. The summed E-state index contributed by atoms with van der Waals surface area (Å²) < 4.78 is 1.09. The van der Waals surface area contributed by atoms with Crippen molar-refractivity contribution in [3.63, 3.8) is 0 Å². The van der Waals surface area contributed by atoms with Crippen molar-refractivity contribution in [1.82, 2.24) is 4.98 Å². The molecule has 0 saturated carbocycles. The van der Waals surface area contributed by atoms with Gasteiger partial charge in [0, 0.05) is 5.56 Å². The standard InChI is InChI=1S/C10H9NOS.C2H6/c1-6(12)8-3-4-9-10(5-8)13-7(2)11-9;1-2/h3-5H,1-2H3;1-2H3. The van der Waals surface area contributed by atoms with E-state index >= 15 is 0 Å². The first-order chi connectivity index (χ1) is 7.16. The molecular formula is C12H15NOS. The second-order valence-electron chi connectivity index (χ2n) is 2.97. The van der Waals surface area contributed by atoms with Crippen LogP contribution in [0.2, 0.25) is 0 Å². The van der Waals surface area contributed by atoms with Crippen LogP contribution in [0, 0.1) is 6.92 Å². The molecule has 0 radical (unpaired) electrons. The van der Waals surface area contributed by atoms with Gasteiger partial charge in [0.1, 0.15) is 0 Å². The number of hydrogen-bond acceptors (Lipinski definition) is 3. The summed E-state index contributed by atoms with van der Waals surface area (Å²) in [7, 11) is 0. The van der Waals surface area contributed by atoms with Crippen LogP contribution in [0.1, 0.15) is 36.1 Å². The van der Waals surface area contributed by atoms with E-state index in [9.17, 15) is 4.79 Å². The smallest absolute Gasteiger partial charge is 0.159 e. The number of ketones is 1. The minimum absolute atomic E-state index is 0.105. The third-order valence-electron chi connectivity index (χ3n) is 1.90. The van der Waals surface area contributed by atoms with Gasteiger partial charge in [0.15, 0.2) is 5.78 Å². The quantitative estimate of drug-likeness (QED) is 0.685. The molecular weight excluding hydrogens is 206 g/mol. The number of nitrogens with zero attached hydrogens (tertiary/aromatic N) is 1.